The van der Waals surface area contributed by atoms with Crippen LogP contribution >= 0.6 is 0 Å². The first-order valence-electron chi connectivity index (χ1n) is 6.84. The average molecular weight is 272 g/mol. The first-order chi connectivity index (χ1) is 9.65. The molecule has 0 saturated heterocycles. The van der Waals surface area contributed by atoms with E-state index >= 15 is 0 Å². The van der Waals surface area contributed by atoms with Crippen molar-refractivity contribution >= 4 is 11.6 Å². The molecule has 1 aromatic carbocycles. The molecule has 0 bridgehead atoms. The number of amides is 1. The van der Waals surface area contributed by atoms with E-state index < -0.39 is 0 Å². The molecule has 1 amide bonds. The third-order valence-electron chi connectivity index (χ3n) is 3.22. The lowest BCUT2D eigenvalue weighted by Crippen LogP contribution is -2.26. The molecular formula is C15H20N4O. The SMILES string of the molecule is CCc1cc(C(=O)NCc2ccccc2N)n(CC)n1. The zero-order valence-corrected chi connectivity index (χ0v) is 11.9. The second-order valence-electron chi connectivity index (χ2n) is 4.57. The molecule has 0 fully saturated rings. The highest BCUT2D eigenvalue weighted by atomic mass is 16.2. The number of nitrogens with one attached hydrogen (secondary N) is 1. The molecule has 1 heterocycles. The van der Waals surface area contributed by atoms with E-state index in [-0.39, 0.29) is 5.91 Å². The van der Waals surface area contributed by atoms with E-state index in [4.69, 9.17) is 5.73 Å². The van der Waals surface area contributed by atoms with Gasteiger partial charge >= 0.3 is 0 Å². The molecule has 0 spiro atoms. The standard InChI is InChI=1S/C15H20N4O/c1-3-12-9-14(19(4-2)18-12)15(20)17-10-11-7-5-6-8-13(11)16/h5-9H,3-4,10,16H2,1-2H3,(H,17,20). The van der Waals surface area contributed by atoms with Crippen LogP contribution in [0, 0.1) is 0 Å². The normalized spacial score (nSPS) is 10.5. The Morgan fingerprint density at radius 2 is 2.10 bits per heavy atom. The predicted octanol–water partition coefficient (Wildman–Crippen LogP) is 1.98. The van der Waals surface area contributed by atoms with Gasteiger partial charge in [-0.2, -0.15) is 5.10 Å². The Kier molecular flexibility index (Phi) is 4.40. The Balaban J connectivity index is 2.09. The summed E-state index contributed by atoms with van der Waals surface area (Å²) in [6.07, 6.45) is 0.818. The average Bonchev–Trinajstić information content (AvgIpc) is 2.89. The van der Waals surface area contributed by atoms with Crippen LogP contribution in [-0.4, -0.2) is 15.7 Å². The van der Waals surface area contributed by atoms with Gasteiger partial charge in [0.15, 0.2) is 0 Å². The summed E-state index contributed by atoms with van der Waals surface area (Å²) in [5.41, 5.74) is 8.98. The van der Waals surface area contributed by atoms with Gasteiger partial charge in [0.2, 0.25) is 0 Å². The van der Waals surface area contributed by atoms with Crippen molar-refractivity contribution in [2.45, 2.75) is 33.4 Å². The summed E-state index contributed by atoms with van der Waals surface area (Å²) in [6.45, 7) is 5.09. The maximum atomic E-state index is 12.2. The van der Waals surface area contributed by atoms with Crippen LogP contribution in [0.1, 0.15) is 35.6 Å². The van der Waals surface area contributed by atoms with Crippen molar-refractivity contribution in [1.82, 2.24) is 15.1 Å². The number of hydrogen-bond donors (Lipinski definition) is 2. The van der Waals surface area contributed by atoms with Crippen LogP contribution in [0.5, 0.6) is 0 Å². The molecular weight excluding hydrogens is 252 g/mol. The van der Waals surface area contributed by atoms with Gasteiger partial charge in [-0.3, -0.25) is 9.48 Å². The summed E-state index contributed by atoms with van der Waals surface area (Å²) in [4.78, 5) is 12.2. The van der Waals surface area contributed by atoms with Crippen LogP contribution in [-0.2, 0) is 19.5 Å². The maximum Gasteiger partial charge on any atom is 0.269 e. The van der Waals surface area contributed by atoms with Crippen molar-refractivity contribution in [3.63, 3.8) is 0 Å². The molecule has 1 aromatic heterocycles. The molecule has 0 aliphatic heterocycles. The van der Waals surface area contributed by atoms with Crippen molar-refractivity contribution < 1.29 is 4.79 Å². The molecule has 0 aliphatic carbocycles. The smallest absolute Gasteiger partial charge is 0.269 e. The monoisotopic (exact) mass is 272 g/mol. The maximum absolute atomic E-state index is 12.2. The van der Waals surface area contributed by atoms with Gasteiger partial charge in [-0.05, 0) is 31.0 Å². The molecule has 20 heavy (non-hydrogen) atoms. The van der Waals surface area contributed by atoms with E-state index in [1.807, 2.05) is 44.2 Å². The quantitative estimate of drug-likeness (QED) is 0.817. The van der Waals surface area contributed by atoms with Gasteiger partial charge in [0.25, 0.3) is 5.91 Å². The highest BCUT2D eigenvalue weighted by Crippen LogP contribution is 2.11. The van der Waals surface area contributed by atoms with Crippen LogP contribution in [0.2, 0.25) is 0 Å². The van der Waals surface area contributed by atoms with Crippen molar-refractivity contribution in [2.75, 3.05) is 5.73 Å². The lowest BCUT2D eigenvalue weighted by atomic mass is 10.2. The van der Waals surface area contributed by atoms with Gasteiger partial charge in [0, 0.05) is 18.8 Å². The van der Waals surface area contributed by atoms with Crippen LogP contribution in [0.15, 0.2) is 30.3 Å². The molecule has 106 valence electrons. The van der Waals surface area contributed by atoms with Gasteiger partial charge in [-0.1, -0.05) is 25.1 Å². The highest BCUT2D eigenvalue weighted by Gasteiger charge is 2.13. The Morgan fingerprint density at radius 3 is 2.75 bits per heavy atom. The Bertz CT molecular complexity index is 604. The van der Waals surface area contributed by atoms with E-state index in [1.165, 1.54) is 0 Å². The first-order valence-corrected chi connectivity index (χ1v) is 6.84. The number of aryl methyl sites for hydroxylation is 2. The predicted molar refractivity (Wildman–Crippen MR) is 79.3 cm³/mol. The number of para-hydroxylation sites is 1. The Hall–Kier alpha value is -2.30. The lowest BCUT2D eigenvalue weighted by Gasteiger charge is -2.08. The molecule has 0 aliphatic rings. The van der Waals surface area contributed by atoms with Crippen molar-refractivity contribution in [2.24, 2.45) is 0 Å². The Morgan fingerprint density at radius 1 is 1.35 bits per heavy atom. The molecule has 0 radical (unpaired) electrons. The van der Waals surface area contributed by atoms with E-state index in [2.05, 4.69) is 10.4 Å². The minimum Gasteiger partial charge on any atom is -0.398 e. The van der Waals surface area contributed by atoms with Crippen LogP contribution in [0.25, 0.3) is 0 Å². The molecule has 5 nitrogen and oxygen atoms in total. The molecule has 3 N–H and O–H groups in total. The third-order valence-corrected chi connectivity index (χ3v) is 3.22. The molecule has 5 heteroatoms. The van der Waals surface area contributed by atoms with E-state index in [9.17, 15) is 4.79 Å². The number of carbonyl (C=O) groups excluding carboxylic acids is 1. The second-order valence-corrected chi connectivity index (χ2v) is 4.57. The molecule has 2 aromatic rings. The number of benzene rings is 1. The first kappa shape index (κ1) is 14.1. The summed E-state index contributed by atoms with van der Waals surface area (Å²) in [5, 5.41) is 7.26. The number of anilines is 1. The number of hydrogen-bond acceptors (Lipinski definition) is 3. The number of nitrogen functional groups attached to an aromatic ring is 1. The van der Waals surface area contributed by atoms with Crippen LogP contribution in [0.4, 0.5) is 5.69 Å². The number of nitrogens with two attached hydrogens (primary N) is 1. The second kappa shape index (κ2) is 6.23. The minimum atomic E-state index is -0.123. The highest BCUT2D eigenvalue weighted by molar-refractivity contribution is 5.92. The zero-order chi connectivity index (χ0) is 14.5. The number of carbonyl (C=O) groups is 1. The lowest BCUT2D eigenvalue weighted by molar-refractivity contribution is 0.0940. The van der Waals surface area contributed by atoms with Gasteiger partial charge < -0.3 is 11.1 Å². The fourth-order valence-electron chi connectivity index (χ4n) is 2.03. The summed E-state index contributed by atoms with van der Waals surface area (Å²) in [6, 6.07) is 9.36. The van der Waals surface area contributed by atoms with E-state index in [0.29, 0.717) is 24.5 Å². The van der Waals surface area contributed by atoms with Gasteiger partial charge in [0.05, 0.1) is 5.69 Å². The molecule has 0 saturated carbocycles. The zero-order valence-electron chi connectivity index (χ0n) is 11.9. The van der Waals surface area contributed by atoms with Crippen molar-refractivity contribution in [1.29, 1.82) is 0 Å². The largest absolute Gasteiger partial charge is 0.398 e. The molecule has 0 unspecified atom stereocenters. The van der Waals surface area contributed by atoms with Crippen molar-refractivity contribution in [3.05, 3.63) is 47.3 Å². The van der Waals surface area contributed by atoms with Crippen molar-refractivity contribution in [3.8, 4) is 0 Å². The van der Waals surface area contributed by atoms with Gasteiger partial charge in [-0.15, -0.1) is 0 Å². The minimum absolute atomic E-state index is 0.123. The van der Waals surface area contributed by atoms with Gasteiger partial charge in [-0.25, -0.2) is 0 Å². The summed E-state index contributed by atoms with van der Waals surface area (Å²) in [7, 11) is 0. The Labute approximate surface area is 118 Å². The topological polar surface area (TPSA) is 72.9 Å². The molecule has 0 atom stereocenters. The van der Waals surface area contributed by atoms with E-state index in [1.54, 1.807) is 4.68 Å². The van der Waals surface area contributed by atoms with Crippen LogP contribution < -0.4 is 11.1 Å². The number of rotatable bonds is 5. The number of nitrogens with zero attached hydrogens (tertiary/aromatic N) is 2. The van der Waals surface area contributed by atoms with Crippen LogP contribution in [0.3, 0.4) is 0 Å². The summed E-state index contributed by atoms with van der Waals surface area (Å²) in [5.74, 6) is -0.123. The number of aromatic nitrogens is 2. The summed E-state index contributed by atoms with van der Waals surface area (Å²) >= 11 is 0. The van der Waals surface area contributed by atoms with E-state index in [0.717, 1.165) is 17.7 Å². The third kappa shape index (κ3) is 2.99. The molecule has 2 rings (SSSR count). The summed E-state index contributed by atoms with van der Waals surface area (Å²) < 4.78 is 1.72. The fraction of sp³-hybridized carbons (Fsp3) is 0.333. The van der Waals surface area contributed by atoms with Gasteiger partial charge in [0.1, 0.15) is 5.69 Å². The fourth-order valence-corrected chi connectivity index (χ4v) is 2.03.